The molecule has 200 valence electrons. The third-order valence-corrected chi connectivity index (χ3v) is 6.32. The summed E-state index contributed by atoms with van der Waals surface area (Å²) in [5.41, 5.74) is 2.84. The van der Waals surface area contributed by atoms with Gasteiger partial charge in [0.2, 0.25) is 11.8 Å². The number of benzene rings is 2. The van der Waals surface area contributed by atoms with Crippen molar-refractivity contribution in [2.45, 2.75) is 13.5 Å². The zero-order valence-corrected chi connectivity index (χ0v) is 21.9. The predicted molar refractivity (Wildman–Crippen MR) is 148 cm³/mol. The summed E-state index contributed by atoms with van der Waals surface area (Å²) in [7, 11) is 1.70. The Kier molecular flexibility index (Phi) is 9.60. The number of carbonyl (C=O) groups excluding carboxylic acids is 2. The molecule has 1 aromatic heterocycles. The van der Waals surface area contributed by atoms with E-state index in [1.165, 1.54) is 12.5 Å². The Hall–Kier alpha value is -4.02. The van der Waals surface area contributed by atoms with Gasteiger partial charge in [0.1, 0.15) is 11.6 Å². The molecule has 1 aliphatic heterocycles. The minimum absolute atomic E-state index is 0.0680. The molecule has 1 aliphatic rings. The molecule has 0 atom stereocenters. The topological polar surface area (TPSA) is 112 Å². The monoisotopic (exact) mass is 517 g/mol. The van der Waals surface area contributed by atoms with Crippen LogP contribution in [0.25, 0.3) is 11.4 Å². The number of aromatic nitrogens is 2. The van der Waals surface area contributed by atoms with Gasteiger partial charge in [0.25, 0.3) is 0 Å². The third-order valence-electron chi connectivity index (χ3n) is 6.32. The summed E-state index contributed by atoms with van der Waals surface area (Å²) in [6.07, 6.45) is 1.64. The highest BCUT2D eigenvalue weighted by atomic mass is 16.5. The first-order valence-corrected chi connectivity index (χ1v) is 12.8. The number of para-hydroxylation sites is 2. The number of ether oxygens (including phenoxy) is 1. The second kappa shape index (κ2) is 13.5. The van der Waals surface area contributed by atoms with E-state index < -0.39 is 0 Å². The van der Waals surface area contributed by atoms with Gasteiger partial charge in [0.05, 0.1) is 13.7 Å². The quantitative estimate of drug-likeness (QED) is 0.333. The largest absolute Gasteiger partial charge is 0.496 e. The van der Waals surface area contributed by atoms with Gasteiger partial charge in [-0.15, -0.1) is 0 Å². The van der Waals surface area contributed by atoms with Crippen LogP contribution in [0, 0.1) is 0 Å². The summed E-state index contributed by atoms with van der Waals surface area (Å²) in [6, 6.07) is 17.5. The number of hydrogen-bond donors (Lipinski definition) is 3. The average molecular weight is 518 g/mol. The van der Waals surface area contributed by atoms with Crippen molar-refractivity contribution in [1.82, 2.24) is 25.1 Å². The number of carbonyl (C=O) groups is 2. The first-order valence-electron chi connectivity index (χ1n) is 12.8. The zero-order chi connectivity index (χ0) is 26.7. The van der Waals surface area contributed by atoms with Gasteiger partial charge in [-0.2, -0.15) is 0 Å². The first-order chi connectivity index (χ1) is 18.5. The van der Waals surface area contributed by atoms with E-state index in [-0.39, 0.29) is 11.8 Å². The minimum Gasteiger partial charge on any atom is -0.496 e. The van der Waals surface area contributed by atoms with Crippen molar-refractivity contribution >= 4 is 23.3 Å². The van der Waals surface area contributed by atoms with Crippen LogP contribution in [0.4, 0.5) is 11.5 Å². The molecule has 10 heteroatoms. The molecule has 3 N–H and O–H groups in total. The van der Waals surface area contributed by atoms with E-state index in [4.69, 9.17) is 4.74 Å². The number of nitrogens with zero attached hydrogens (tertiary/aromatic N) is 4. The van der Waals surface area contributed by atoms with Gasteiger partial charge in [-0.3, -0.25) is 19.4 Å². The minimum atomic E-state index is -0.102. The second-order valence-corrected chi connectivity index (χ2v) is 9.13. The number of methoxy groups -OCH3 is 1. The van der Waals surface area contributed by atoms with Crippen molar-refractivity contribution in [3.8, 4) is 17.1 Å². The molecule has 10 nitrogen and oxygen atoms in total. The fourth-order valence-corrected chi connectivity index (χ4v) is 4.39. The maximum absolute atomic E-state index is 12.8. The molecule has 2 aromatic carbocycles. The van der Waals surface area contributed by atoms with Gasteiger partial charge in [-0.25, -0.2) is 9.97 Å². The number of amides is 2. The molecule has 4 rings (SSSR count). The van der Waals surface area contributed by atoms with Crippen LogP contribution in [0.5, 0.6) is 5.75 Å². The predicted octanol–water partition coefficient (Wildman–Crippen LogP) is 2.46. The summed E-state index contributed by atoms with van der Waals surface area (Å²) >= 11 is 0. The smallest absolute Gasteiger partial charge is 0.239 e. The van der Waals surface area contributed by atoms with Crippen LogP contribution in [0.2, 0.25) is 0 Å². The molecule has 2 heterocycles. The lowest BCUT2D eigenvalue weighted by atomic mass is 10.1. The highest BCUT2D eigenvalue weighted by molar-refractivity contribution is 5.91. The Bertz CT molecular complexity index is 1230. The lowest BCUT2D eigenvalue weighted by Crippen LogP contribution is -2.48. The van der Waals surface area contributed by atoms with Crippen LogP contribution >= 0.6 is 0 Å². The lowest BCUT2D eigenvalue weighted by molar-refractivity contribution is -0.119. The van der Waals surface area contributed by atoms with E-state index in [9.17, 15) is 9.59 Å². The molecule has 1 fully saturated rings. The standard InChI is InChI=1S/C28H35N7O3/c1-21(36)29-13-14-30-24-9-5-4-8-23(24)28-31-12-11-26(33-28)32-27(37)20-35-17-15-34(16-18-35)19-22-7-3-6-10-25(22)38-2/h3-12,30H,13-20H2,1-2H3,(H,29,36)(H,31,32,33,37). The van der Waals surface area contributed by atoms with E-state index >= 15 is 0 Å². The summed E-state index contributed by atoms with van der Waals surface area (Å²) < 4.78 is 5.47. The Morgan fingerprint density at radius 3 is 2.47 bits per heavy atom. The van der Waals surface area contributed by atoms with Gasteiger partial charge in [0, 0.05) is 75.7 Å². The Morgan fingerprint density at radius 1 is 0.947 bits per heavy atom. The maximum Gasteiger partial charge on any atom is 0.239 e. The van der Waals surface area contributed by atoms with Gasteiger partial charge in [0.15, 0.2) is 5.82 Å². The molecule has 0 unspecified atom stereocenters. The van der Waals surface area contributed by atoms with Crippen molar-refractivity contribution in [2.24, 2.45) is 0 Å². The molecular formula is C28H35N7O3. The van der Waals surface area contributed by atoms with E-state index in [1.54, 1.807) is 19.4 Å². The van der Waals surface area contributed by atoms with Gasteiger partial charge < -0.3 is 20.7 Å². The van der Waals surface area contributed by atoms with Gasteiger partial charge >= 0.3 is 0 Å². The number of hydrogen-bond acceptors (Lipinski definition) is 8. The second-order valence-electron chi connectivity index (χ2n) is 9.13. The molecule has 3 aromatic rings. The summed E-state index contributed by atoms with van der Waals surface area (Å²) in [4.78, 5) is 37.4. The van der Waals surface area contributed by atoms with E-state index in [0.717, 1.165) is 49.7 Å². The van der Waals surface area contributed by atoms with Crippen LogP contribution in [0.3, 0.4) is 0 Å². The molecule has 0 radical (unpaired) electrons. The molecule has 2 amide bonds. The Morgan fingerprint density at radius 2 is 1.68 bits per heavy atom. The highest BCUT2D eigenvalue weighted by Gasteiger charge is 2.20. The first kappa shape index (κ1) is 27.0. The van der Waals surface area contributed by atoms with Crippen LogP contribution in [0.15, 0.2) is 60.8 Å². The van der Waals surface area contributed by atoms with Gasteiger partial charge in [-0.05, 0) is 24.3 Å². The molecular weight excluding hydrogens is 482 g/mol. The van der Waals surface area contributed by atoms with Crippen molar-refractivity contribution < 1.29 is 14.3 Å². The van der Waals surface area contributed by atoms with Crippen molar-refractivity contribution in [3.05, 3.63) is 66.4 Å². The van der Waals surface area contributed by atoms with Crippen LogP contribution < -0.4 is 20.7 Å². The normalized spacial score (nSPS) is 14.1. The third kappa shape index (κ3) is 7.74. The lowest BCUT2D eigenvalue weighted by Gasteiger charge is -2.34. The number of anilines is 2. The summed E-state index contributed by atoms with van der Waals surface area (Å²) in [6.45, 7) is 7.10. The Balaban J connectivity index is 1.29. The summed E-state index contributed by atoms with van der Waals surface area (Å²) in [5.74, 6) is 1.70. The molecule has 0 aliphatic carbocycles. The van der Waals surface area contributed by atoms with E-state index in [2.05, 4.69) is 41.8 Å². The van der Waals surface area contributed by atoms with Crippen molar-refractivity contribution in [3.63, 3.8) is 0 Å². The molecule has 0 spiro atoms. The van der Waals surface area contributed by atoms with Gasteiger partial charge in [-0.1, -0.05) is 30.3 Å². The fraction of sp³-hybridized carbons (Fsp3) is 0.357. The fourth-order valence-electron chi connectivity index (χ4n) is 4.39. The van der Waals surface area contributed by atoms with Crippen molar-refractivity contribution in [2.75, 3.05) is 63.6 Å². The highest BCUT2D eigenvalue weighted by Crippen LogP contribution is 2.25. The number of rotatable bonds is 11. The summed E-state index contributed by atoms with van der Waals surface area (Å²) in [5, 5.41) is 8.99. The maximum atomic E-state index is 12.8. The zero-order valence-electron chi connectivity index (χ0n) is 21.9. The average Bonchev–Trinajstić information content (AvgIpc) is 2.93. The van der Waals surface area contributed by atoms with E-state index in [1.807, 2.05) is 42.5 Å². The van der Waals surface area contributed by atoms with Crippen molar-refractivity contribution in [1.29, 1.82) is 0 Å². The Labute approximate surface area is 223 Å². The molecule has 38 heavy (non-hydrogen) atoms. The van der Waals surface area contributed by atoms with Crippen LogP contribution in [-0.2, 0) is 16.1 Å². The molecule has 0 bridgehead atoms. The van der Waals surface area contributed by atoms with Crippen LogP contribution in [0.1, 0.15) is 12.5 Å². The number of nitrogens with one attached hydrogen (secondary N) is 3. The molecule has 1 saturated heterocycles. The number of piperazine rings is 1. The molecule has 0 saturated carbocycles. The van der Waals surface area contributed by atoms with Crippen LogP contribution in [-0.4, -0.2) is 84.5 Å². The van der Waals surface area contributed by atoms with E-state index in [0.29, 0.717) is 31.3 Å². The SMILES string of the molecule is COc1ccccc1CN1CCN(CC(=O)Nc2ccnc(-c3ccccc3NCCNC(C)=O)n2)CC1.